The maximum Gasteiger partial charge on any atom is 0.335 e. The zero-order chi connectivity index (χ0) is 64.9. The number of esters is 2. The minimum atomic E-state index is -2.21. The van der Waals surface area contributed by atoms with Crippen molar-refractivity contribution in [1.29, 1.82) is 0 Å². The van der Waals surface area contributed by atoms with E-state index in [1.165, 1.54) is 0 Å². The van der Waals surface area contributed by atoms with Gasteiger partial charge in [0.1, 0.15) is 85.5 Å². The van der Waals surface area contributed by atoms with Gasteiger partial charge in [-0.1, -0.05) is 72.3 Å². The molecule has 26 nitrogen and oxygen atoms in total. The van der Waals surface area contributed by atoms with E-state index >= 15 is 0 Å². The van der Waals surface area contributed by atoms with Crippen molar-refractivity contribution in [3.63, 3.8) is 0 Å². The van der Waals surface area contributed by atoms with E-state index in [0.29, 0.717) is 49.7 Å². The van der Waals surface area contributed by atoms with Gasteiger partial charge in [0.05, 0.1) is 44.1 Å². The summed E-state index contributed by atoms with van der Waals surface area (Å²) in [5.41, 5.74) is -3.02. The second kappa shape index (κ2) is 25.6. The van der Waals surface area contributed by atoms with Crippen LogP contribution in [0.15, 0.2) is 34.9 Å². The Bertz CT molecular complexity index is 2630. The molecule has 13 N–H and O–H groups in total. The van der Waals surface area contributed by atoms with E-state index < -0.39 is 218 Å². The summed E-state index contributed by atoms with van der Waals surface area (Å²) < 4.78 is 61.4. The molecule has 0 aromatic carbocycles. The summed E-state index contributed by atoms with van der Waals surface area (Å²) in [6.07, 6.45) is -29.2. The Morgan fingerprint density at radius 1 is 0.614 bits per heavy atom. The molecule has 26 heteroatoms. The van der Waals surface area contributed by atoms with Crippen molar-refractivity contribution in [2.75, 3.05) is 26.4 Å². The van der Waals surface area contributed by atoms with Crippen LogP contribution in [0.5, 0.6) is 0 Å². The molecule has 0 aromatic rings. The normalized spacial score (nSPS) is 49.4. The second-order valence-corrected chi connectivity index (χ2v) is 28.4. The summed E-state index contributed by atoms with van der Waals surface area (Å²) in [5.74, 6) is -3.62. The molecule has 4 saturated carbocycles. The van der Waals surface area contributed by atoms with Crippen molar-refractivity contribution in [1.82, 2.24) is 0 Å². The molecule has 9 rings (SSSR count). The second-order valence-electron chi connectivity index (χ2n) is 28.4. The van der Waals surface area contributed by atoms with Gasteiger partial charge in [0, 0.05) is 16.6 Å². The van der Waals surface area contributed by atoms with Gasteiger partial charge in [-0.25, -0.2) is 14.4 Å². The number of carbonyl (C=O) groups is 3. The lowest BCUT2D eigenvalue weighted by Crippen LogP contribution is -2.72. The van der Waals surface area contributed by atoms with Crippen LogP contribution in [0.4, 0.5) is 0 Å². The van der Waals surface area contributed by atoms with Crippen molar-refractivity contribution < 1.29 is 128 Å². The van der Waals surface area contributed by atoms with Crippen LogP contribution >= 0.6 is 0 Å². The van der Waals surface area contributed by atoms with Crippen LogP contribution < -0.4 is 0 Å². The molecule has 4 aliphatic heterocycles. The maximum absolute atomic E-state index is 13.9. The van der Waals surface area contributed by atoms with Crippen LogP contribution in [0.3, 0.4) is 0 Å². The molecule has 4 heterocycles. The summed E-state index contributed by atoms with van der Waals surface area (Å²) >= 11 is 0. The number of aliphatic carboxylic acids is 1. The fraction of sp³-hybridized carbons (Fsp3) is 0.855. The zero-order valence-corrected chi connectivity index (χ0v) is 52.1. The van der Waals surface area contributed by atoms with E-state index in [-0.39, 0.29) is 18.3 Å². The van der Waals surface area contributed by atoms with Crippen LogP contribution in [-0.2, 0) is 61.8 Å². The highest BCUT2D eigenvalue weighted by molar-refractivity contribution is 5.89. The number of allylic oxidation sites excluding steroid dienone is 4. The minimum Gasteiger partial charge on any atom is -0.479 e. The molecule has 500 valence electrons. The molecule has 3 unspecified atom stereocenters. The number of carbonyl (C=O) groups excluding carboxylic acids is 2. The number of aliphatic hydroxyl groups excluding tert-OH is 12. The van der Waals surface area contributed by atoms with E-state index in [2.05, 4.69) is 26.8 Å². The Balaban J connectivity index is 1.04. The monoisotopic (exact) mass is 1260 g/mol. The van der Waals surface area contributed by atoms with Crippen molar-refractivity contribution in [3.05, 3.63) is 34.9 Å². The Labute approximate surface area is 512 Å². The van der Waals surface area contributed by atoms with E-state index in [9.17, 15) is 80.8 Å². The van der Waals surface area contributed by atoms with Crippen LogP contribution in [-0.4, -0.2) is 246 Å². The first-order valence-electron chi connectivity index (χ1n) is 30.9. The van der Waals surface area contributed by atoms with E-state index in [4.69, 9.17) is 47.4 Å². The largest absolute Gasteiger partial charge is 0.479 e. The summed E-state index contributed by atoms with van der Waals surface area (Å²) in [6.45, 7) is 18.8. The molecule has 4 saturated heterocycles. The first-order chi connectivity index (χ1) is 41.1. The number of aliphatic hydroxyl groups is 12. The van der Waals surface area contributed by atoms with Crippen molar-refractivity contribution in [2.45, 2.75) is 256 Å². The van der Waals surface area contributed by atoms with E-state index in [0.717, 1.165) is 5.57 Å². The van der Waals surface area contributed by atoms with Gasteiger partial charge in [0.25, 0.3) is 0 Å². The van der Waals surface area contributed by atoms with Crippen LogP contribution in [0.25, 0.3) is 0 Å². The Kier molecular flexibility index (Phi) is 20.1. The molecule has 0 bridgehead atoms. The number of hydrogen-bond acceptors (Lipinski definition) is 25. The van der Waals surface area contributed by atoms with Crippen molar-refractivity contribution in [2.24, 2.45) is 50.2 Å². The smallest absolute Gasteiger partial charge is 0.335 e. The van der Waals surface area contributed by atoms with Crippen LogP contribution in [0.2, 0.25) is 0 Å². The molecule has 8 fully saturated rings. The fourth-order valence-electron chi connectivity index (χ4n) is 17.3. The Hall–Kier alpha value is -3.17. The lowest BCUT2D eigenvalue weighted by Gasteiger charge is -2.72. The van der Waals surface area contributed by atoms with Gasteiger partial charge in [-0.3, -0.25) is 0 Å². The highest BCUT2D eigenvalue weighted by atomic mass is 16.8. The highest BCUT2D eigenvalue weighted by Gasteiger charge is 2.74. The summed E-state index contributed by atoms with van der Waals surface area (Å²) in [5, 5.41) is 144. The molecule has 0 radical (unpaired) electrons. The third-order valence-corrected chi connectivity index (χ3v) is 22.9. The van der Waals surface area contributed by atoms with Gasteiger partial charge in [-0.2, -0.15) is 0 Å². The summed E-state index contributed by atoms with van der Waals surface area (Å²) in [4.78, 5) is 40.7. The molecule has 9 aliphatic rings. The fourth-order valence-corrected chi connectivity index (χ4v) is 17.3. The molecule has 0 spiro atoms. The SMILES string of the molecule is C/C=C(\C)C(=O)O[C@H]1[C@H](OC(=O)/C(C)=C/C)[C@@]2(CO)C(CC1(C)C)C1=CCC3[C@@]4(C)CC[C@H](O[C@@H]5O[C@H](C(=O)O)[C@@H](O)[C@H](O[C@@H]6OC[C@H](O)[C@H](O)[C@H]6O[C@@H]6OC[C@@H](O)[C@H](O)[C@H]6O)[C@H]5O[C@@H]5O[C@H](CO)[C@@H](O)[C@H](O)[C@H]5O)C(C)(C)C4CC[C@@]3(C)[C@]1(C)C[C@H]2O. The van der Waals surface area contributed by atoms with Crippen molar-refractivity contribution >= 4 is 17.9 Å². The first kappa shape index (κ1) is 69.2. The number of hydrogen-bond donors (Lipinski definition) is 13. The average molecular weight is 1260 g/mol. The molecule has 88 heavy (non-hydrogen) atoms. The topological polar surface area (TPSA) is 407 Å². The third-order valence-electron chi connectivity index (χ3n) is 22.9. The number of rotatable bonds is 15. The number of carboxylic acid groups (broad SMARTS) is 1. The maximum atomic E-state index is 13.9. The number of carboxylic acids is 1. The Morgan fingerprint density at radius 3 is 1.80 bits per heavy atom. The van der Waals surface area contributed by atoms with Crippen LogP contribution in [0, 0.1) is 50.2 Å². The molecular formula is C62H96O26. The predicted molar refractivity (Wildman–Crippen MR) is 302 cm³/mol. The van der Waals surface area contributed by atoms with Gasteiger partial charge in [0.2, 0.25) is 0 Å². The molecule has 0 aromatic heterocycles. The lowest BCUT2D eigenvalue weighted by atomic mass is 9.33. The highest BCUT2D eigenvalue weighted by Crippen LogP contribution is 2.76. The zero-order valence-electron chi connectivity index (χ0n) is 52.1. The summed E-state index contributed by atoms with van der Waals surface area (Å²) in [6, 6.07) is 0. The minimum absolute atomic E-state index is 0.0212. The molecule has 0 amide bonds. The number of fused-ring (bicyclic) bond motifs is 7. The standard InChI is InChI=1S/C62H96O26/c1-12-26(3)51(77)87-48-49(88-52(78)27(4)13-2)62(25-64)29(20-57(48,5)6)28-14-15-34-59(9)18-17-36(58(7,8)33(59)16-19-60(34,10)61(28,11)21-35(62)67)82-56-47(86-54-42(73)40(71)39(70)32(22-63)81-54)44(43(74)45(84-56)50(75)76)83-55-46(38(69)31(66)24-80-55)85-53-41(72)37(68)30(65)23-79-53/h12-14,29-49,53-56,63-74H,15-25H2,1-11H3,(H,75,76)/b26-12+,27-13+/t29?,30-,31+,32-,33?,34?,35-,36+,37+,38+,39-,40+,41-,42-,43+,44+,45+,46-,47-,48+,49+,53+,54+,55+,56-,59+,60-,61-,62+/m1/s1. The lowest BCUT2D eigenvalue weighted by molar-refractivity contribution is -0.399. The number of ether oxygens (including phenoxy) is 10. The van der Waals surface area contributed by atoms with Gasteiger partial charge < -0.3 is 114 Å². The Morgan fingerprint density at radius 2 is 1.19 bits per heavy atom. The summed E-state index contributed by atoms with van der Waals surface area (Å²) in [7, 11) is 0. The quantitative estimate of drug-likeness (QED) is 0.0435. The first-order valence-corrected chi connectivity index (χ1v) is 30.9. The predicted octanol–water partition coefficient (Wildman–Crippen LogP) is -0.245. The molecular weight excluding hydrogens is 1160 g/mol. The van der Waals surface area contributed by atoms with E-state index in [1.807, 2.05) is 27.7 Å². The van der Waals surface area contributed by atoms with Crippen molar-refractivity contribution in [3.8, 4) is 0 Å². The third kappa shape index (κ3) is 11.5. The molecule has 5 aliphatic carbocycles. The van der Waals surface area contributed by atoms with E-state index in [1.54, 1.807) is 39.8 Å². The average Bonchev–Trinajstić information content (AvgIpc) is 0.673. The molecule has 29 atom stereocenters. The van der Waals surface area contributed by atoms with Gasteiger partial charge >= 0.3 is 17.9 Å². The van der Waals surface area contributed by atoms with Gasteiger partial charge in [-0.15, -0.1) is 0 Å². The van der Waals surface area contributed by atoms with Gasteiger partial charge in [-0.05, 0) is 112 Å². The van der Waals surface area contributed by atoms with Gasteiger partial charge in [0.15, 0.2) is 37.4 Å². The van der Waals surface area contributed by atoms with Crippen LogP contribution in [0.1, 0.15) is 121 Å².